The first-order valence-corrected chi connectivity index (χ1v) is 11.0. The SMILES string of the molecule is Cc1cc2ccccc2cc1C1=C2C(=O)N(C)C(c3cccc4ccccc34)=C2C(=O)N1C. The Bertz CT molecular complexity index is 1590. The van der Waals surface area contributed by atoms with Gasteiger partial charge in [0, 0.05) is 25.2 Å². The van der Waals surface area contributed by atoms with E-state index in [-0.39, 0.29) is 11.8 Å². The Labute approximate surface area is 192 Å². The highest BCUT2D eigenvalue weighted by Gasteiger charge is 2.47. The second-order valence-corrected chi connectivity index (χ2v) is 8.72. The molecule has 0 atom stereocenters. The zero-order valence-corrected chi connectivity index (χ0v) is 18.7. The quantitative estimate of drug-likeness (QED) is 0.429. The molecule has 0 bridgehead atoms. The number of carbonyl (C=O) groups is 2. The molecule has 2 aliphatic rings. The highest BCUT2D eigenvalue weighted by Crippen LogP contribution is 2.47. The predicted molar refractivity (Wildman–Crippen MR) is 132 cm³/mol. The fourth-order valence-corrected chi connectivity index (χ4v) is 5.20. The molecule has 0 spiro atoms. The van der Waals surface area contributed by atoms with E-state index in [1.54, 1.807) is 23.9 Å². The van der Waals surface area contributed by atoms with Gasteiger partial charge < -0.3 is 9.80 Å². The van der Waals surface area contributed by atoms with Crippen LogP contribution in [0.5, 0.6) is 0 Å². The van der Waals surface area contributed by atoms with Crippen molar-refractivity contribution in [2.24, 2.45) is 0 Å². The summed E-state index contributed by atoms with van der Waals surface area (Å²) in [6, 6.07) is 26.4. The Kier molecular flexibility index (Phi) is 4.08. The first kappa shape index (κ1) is 19.5. The lowest BCUT2D eigenvalue weighted by Crippen LogP contribution is -2.25. The van der Waals surface area contributed by atoms with Gasteiger partial charge in [-0.2, -0.15) is 0 Å². The minimum Gasteiger partial charge on any atom is -0.310 e. The molecule has 2 amide bonds. The number of fused-ring (bicyclic) bond motifs is 3. The summed E-state index contributed by atoms with van der Waals surface area (Å²) >= 11 is 0. The predicted octanol–water partition coefficient (Wildman–Crippen LogP) is 5.37. The molecular weight excluding hydrogens is 408 g/mol. The highest BCUT2D eigenvalue weighted by molar-refractivity contribution is 6.31. The van der Waals surface area contributed by atoms with E-state index in [0.717, 1.165) is 38.2 Å². The molecule has 4 aromatic rings. The largest absolute Gasteiger partial charge is 0.310 e. The molecule has 160 valence electrons. The van der Waals surface area contributed by atoms with Crippen molar-refractivity contribution in [3.63, 3.8) is 0 Å². The fourth-order valence-electron chi connectivity index (χ4n) is 5.20. The molecule has 0 radical (unpaired) electrons. The number of amides is 2. The van der Waals surface area contributed by atoms with E-state index in [4.69, 9.17) is 0 Å². The van der Waals surface area contributed by atoms with Crippen LogP contribution in [0.4, 0.5) is 0 Å². The third kappa shape index (κ3) is 2.64. The second-order valence-electron chi connectivity index (χ2n) is 8.72. The number of nitrogens with zero attached hydrogens (tertiary/aromatic N) is 2. The molecule has 0 saturated carbocycles. The zero-order valence-electron chi connectivity index (χ0n) is 18.7. The van der Waals surface area contributed by atoms with Gasteiger partial charge in [-0.25, -0.2) is 0 Å². The third-order valence-corrected chi connectivity index (χ3v) is 6.82. The lowest BCUT2D eigenvalue weighted by molar-refractivity contribution is -0.123. The summed E-state index contributed by atoms with van der Waals surface area (Å²) in [5.74, 6) is -0.290. The summed E-state index contributed by atoms with van der Waals surface area (Å²) in [5.41, 5.74) is 5.19. The summed E-state index contributed by atoms with van der Waals surface area (Å²) < 4.78 is 0. The Morgan fingerprint density at radius 3 is 1.76 bits per heavy atom. The monoisotopic (exact) mass is 430 g/mol. The number of likely N-dealkylation sites (N-methyl/N-ethyl adjacent to an activating group) is 2. The van der Waals surface area contributed by atoms with Crippen molar-refractivity contribution in [3.05, 3.63) is 107 Å². The van der Waals surface area contributed by atoms with Crippen molar-refractivity contribution < 1.29 is 9.59 Å². The molecule has 0 saturated heterocycles. The molecule has 33 heavy (non-hydrogen) atoms. The Morgan fingerprint density at radius 1 is 0.576 bits per heavy atom. The minimum absolute atomic E-state index is 0.145. The second kappa shape index (κ2) is 6.91. The Morgan fingerprint density at radius 2 is 1.09 bits per heavy atom. The summed E-state index contributed by atoms with van der Waals surface area (Å²) in [6.45, 7) is 2.03. The van der Waals surface area contributed by atoms with E-state index < -0.39 is 0 Å². The topological polar surface area (TPSA) is 40.6 Å². The normalized spacial score (nSPS) is 16.1. The van der Waals surface area contributed by atoms with Crippen LogP contribution in [0.3, 0.4) is 0 Å². The summed E-state index contributed by atoms with van der Waals surface area (Å²) in [7, 11) is 3.52. The molecule has 0 fully saturated rings. The van der Waals surface area contributed by atoms with Gasteiger partial charge in [0.05, 0.1) is 22.5 Å². The lowest BCUT2D eigenvalue weighted by atomic mass is 9.95. The smallest absolute Gasteiger partial charge is 0.261 e. The number of rotatable bonds is 2. The maximum absolute atomic E-state index is 13.6. The molecule has 4 heteroatoms. The molecule has 2 heterocycles. The van der Waals surface area contributed by atoms with Gasteiger partial charge in [0.25, 0.3) is 11.8 Å². The van der Waals surface area contributed by atoms with Crippen LogP contribution < -0.4 is 0 Å². The van der Waals surface area contributed by atoms with Crippen LogP contribution in [-0.2, 0) is 9.59 Å². The molecule has 4 aromatic carbocycles. The van der Waals surface area contributed by atoms with E-state index in [9.17, 15) is 9.59 Å². The zero-order chi connectivity index (χ0) is 22.9. The summed E-state index contributed by atoms with van der Waals surface area (Å²) in [5, 5.41) is 4.32. The Balaban J connectivity index is 1.67. The van der Waals surface area contributed by atoms with Crippen LogP contribution >= 0.6 is 0 Å². The molecule has 2 aliphatic heterocycles. The van der Waals surface area contributed by atoms with Gasteiger partial charge in [-0.05, 0) is 40.1 Å². The van der Waals surface area contributed by atoms with Crippen molar-refractivity contribution in [2.45, 2.75) is 6.92 Å². The van der Waals surface area contributed by atoms with Gasteiger partial charge in [-0.15, -0.1) is 0 Å². The van der Waals surface area contributed by atoms with Crippen LogP contribution in [0.25, 0.3) is 32.9 Å². The van der Waals surface area contributed by atoms with Gasteiger partial charge >= 0.3 is 0 Å². The van der Waals surface area contributed by atoms with E-state index in [1.165, 1.54) is 0 Å². The number of aryl methyl sites for hydroxylation is 1. The van der Waals surface area contributed by atoms with Crippen molar-refractivity contribution in [2.75, 3.05) is 14.1 Å². The third-order valence-electron chi connectivity index (χ3n) is 6.82. The average Bonchev–Trinajstić information content (AvgIpc) is 3.23. The van der Waals surface area contributed by atoms with Gasteiger partial charge in [0.1, 0.15) is 0 Å². The van der Waals surface area contributed by atoms with Gasteiger partial charge in [-0.1, -0.05) is 72.8 Å². The number of benzene rings is 4. The first-order chi connectivity index (χ1) is 16.0. The maximum Gasteiger partial charge on any atom is 0.261 e. The molecule has 0 aromatic heterocycles. The Hall–Kier alpha value is -4.18. The standard InChI is InChI=1S/C29H22N2O2/c1-17-15-19-10-4-5-11-20(19)16-23(17)27-25-24(28(32)31(27)3)26(30(2)29(25)33)22-14-8-12-18-9-6-7-13-21(18)22/h4-16H,1-3H3. The van der Waals surface area contributed by atoms with Crippen LogP contribution in [-0.4, -0.2) is 35.7 Å². The number of hydrogen-bond donors (Lipinski definition) is 0. The van der Waals surface area contributed by atoms with Crippen molar-refractivity contribution in [1.29, 1.82) is 0 Å². The van der Waals surface area contributed by atoms with E-state index in [2.05, 4.69) is 24.3 Å². The molecular formula is C29H22N2O2. The fraction of sp³-hybridized carbons (Fsp3) is 0.103. The van der Waals surface area contributed by atoms with Crippen molar-refractivity contribution in [1.82, 2.24) is 9.80 Å². The van der Waals surface area contributed by atoms with Crippen LogP contribution in [0, 0.1) is 6.92 Å². The van der Waals surface area contributed by atoms with Gasteiger partial charge in [0.15, 0.2) is 0 Å². The van der Waals surface area contributed by atoms with Crippen molar-refractivity contribution >= 4 is 44.8 Å². The minimum atomic E-state index is -0.145. The summed E-state index contributed by atoms with van der Waals surface area (Å²) in [6.07, 6.45) is 0. The highest BCUT2D eigenvalue weighted by atomic mass is 16.2. The van der Waals surface area contributed by atoms with Gasteiger partial charge in [-0.3, -0.25) is 9.59 Å². The molecule has 4 nitrogen and oxygen atoms in total. The first-order valence-electron chi connectivity index (χ1n) is 11.0. The molecule has 6 rings (SSSR count). The lowest BCUT2D eigenvalue weighted by Gasteiger charge is -2.21. The van der Waals surface area contributed by atoms with Crippen molar-refractivity contribution in [3.8, 4) is 0 Å². The molecule has 0 N–H and O–H groups in total. The van der Waals surface area contributed by atoms with Gasteiger partial charge in [0.2, 0.25) is 0 Å². The maximum atomic E-state index is 13.6. The molecule has 0 aliphatic carbocycles. The number of hydrogen-bond acceptors (Lipinski definition) is 2. The average molecular weight is 431 g/mol. The summed E-state index contributed by atoms with van der Waals surface area (Å²) in [4.78, 5) is 30.5. The van der Waals surface area contributed by atoms with Crippen LogP contribution in [0.1, 0.15) is 16.7 Å². The number of carbonyl (C=O) groups excluding carboxylic acids is 2. The van der Waals surface area contributed by atoms with Crippen LogP contribution in [0.15, 0.2) is 90.0 Å². The van der Waals surface area contributed by atoms with Crippen LogP contribution in [0.2, 0.25) is 0 Å². The van der Waals surface area contributed by atoms with E-state index >= 15 is 0 Å². The van der Waals surface area contributed by atoms with E-state index in [0.29, 0.717) is 22.5 Å². The van der Waals surface area contributed by atoms with E-state index in [1.807, 2.05) is 61.5 Å². The molecule has 0 unspecified atom stereocenters.